The lowest BCUT2D eigenvalue weighted by molar-refractivity contribution is -0.117. The fraction of sp³-hybridized carbons (Fsp3) is 0.462. The summed E-state index contributed by atoms with van der Waals surface area (Å²) in [6.07, 6.45) is 5.35. The molecule has 2 rings (SSSR count). The topological polar surface area (TPSA) is 49.3 Å². The summed E-state index contributed by atoms with van der Waals surface area (Å²) >= 11 is 5.69. The third-order valence-electron chi connectivity index (χ3n) is 3.18. The highest BCUT2D eigenvalue weighted by Gasteiger charge is 2.18. The molecule has 1 saturated carbocycles. The first-order valence-corrected chi connectivity index (χ1v) is 6.31. The highest BCUT2D eigenvalue weighted by atomic mass is 35.5. The van der Waals surface area contributed by atoms with Crippen LogP contribution in [0.5, 0.6) is 5.75 Å². The summed E-state index contributed by atoms with van der Waals surface area (Å²) in [5.41, 5.74) is 0.592. The first-order valence-electron chi connectivity index (χ1n) is 5.93. The van der Waals surface area contributed by atoms with Crippen molar-refractivity contribution in [3.8, 4) is 5.75 Å². The van der Waals surface area contributed by atoms with Crippen LogP contribution in [-0.2, 0) is 4.79 Å². The fourth-order valence-electron chi connectivity index (χ4n) is 2.28. The second-order valence-corrected chi connectivity index (χ2v) is 4.98. The number of benzene rings is 1. The Hall–Kier alpha value is -1.22. The molecule has 1 aromatic carbocycles. The third-order valence-corrected chi connectivity index (χ3v) is 3.50. The van der Waals surface area contributed by atoms with E-state index in [1.165, 1.54) is 18.9 Å². The first-order chi connectivity index (χ1) is 8.15. The minimum atomic E-state index is -0.00895. The van der Waals surface area contributed by atoms with Gasteiger partial charge in [-0.15, -0.1) is 0 Å². The Morgan fingerprint density at radius 1 is 1.41 bits per heavy atom. The number of aromatic hydroxyl groups is 1. The highest BCUT2D eigenvalue weighted by molar-refractivity contribution is 6.32. The SMILES string of the molecule is O=C(CC1CCCC1)Nc1ccc(Cl)c(O)c1. The Morgan fingerprint density at radius 3 is 2.76 bits per heavy atom. The van der Waals surface area contributed by atoms with Crippen LogP contribution >= 0.6 is 11.6 Å². The zero-order chi connectivity index (χ0) is 12.3. The smallest absolute Gasteiger partial charge is 0.224 e. The Bertz CT molecular complexity index is 414. The first kappa shape index (κ1) is 12.2. The van der Waals surface area contributed by atoms with Crippen molar-refractivity contribution in [2.75, 3.05) is 5.32 Å². The van der Waals surface area contributed by atoms with Crippen LogP contribution < -0.4 is 5.32 Å². The number of halogens is 1. The van der Waals surface area contributed by atoms with Crippen molar-refractivity contribution < 1.29 is 9.90 Å². The van der Waals surface area contributed by atoms with Crippen LogP contribution in [0.1, 0.15) is 32.1 Å². The molecule has 17 heavy (non-hydrogen) atoms. The molecule has 2 N–H and O–H groups in total. The van der Waals surface area contributed by atoms with Gasteiger partial charge in [0.25, 0.3) is 0 Å². The summed E-state index contributed by atoms with van der Waals surface area (Å²) < 4.78 is 0. The largest absolute Gasteiger partial charge is 0.506 e. The van der Waals surface area contributed by atoms with E-state index in [0.717, 1.165) is 12.8 Å². The lowest BCUT2D eigenvalue weighted by atomic mass is 10.0. The van der Waals surface area contributed by atoms with Crippen LogP contribution in [0.25, 0.3) is 0 Å². The van der Waals surface area contributed by atoms with Crippen molar-refractivity contribution in [2.24, 2.45) is 5.92 Å². The minimum absolute atomic E-state index is 0.00895. The molecule has 0 unspecified atom stereocenters. The number of hydrogen-bond donors (Lipinski definition) is 2. The van der Waals surface area contributed by atoms with Crippen LogP contribution in [0.2, 0.25) is 5.02 Å². The molecule has 0 saturated heterocycles. The average molecular weight is 254 g/mol. The normalized spacial score (nSPS) is 16.1. The van der Waals surface area contributed by atoms with E-state index in [0.29, 0.717) is 23.0 Å². The van der Waals surface area contributed by atoms with Gasteiger partial charge < -0.3 is 10.4 Å². The van der Waals surface area contributed by atoms with E-state index in [1.807, 2.05) is 0 Å². The molecule has 0 atom stereocenters. The van der Waals surface area contributed by atoms with Crippen LogP contribution in [-0.4, -0.2) is 11.0 Å². The number of nitrogens with one attached hydrogen (secondary N) is 1. The lowest BCUT2D eigenvalue weighted by Gasteiger charge is -2.10. The van der Waals surface area contributed by atoms with Gasteiger partial charge in [0.15, 0.2) is 0 Å². The zero-order valence-electron chi connectivity index (χ0n) is 9.58. The van der Waals surface area contributed by atoms with E-state index < -0.39 is 0 Å². The molecule has 92 valence electrons. The molecule has 0 spiro atoms. The van der Waals surface area contributed by atoms with Gasteiger partial charge in [-0.25, -0.2) is 0 Å². The number of phenols is 1. The molecule has 4 heteroatoms. The number of phenolic OH excluding ortho intramolecular Hbond substituents is 1. The van der Waals surface area contributed by atoms with Gasteiger partial charge in [-0.3, -0.25) is 4.79 Å². The molecule has 0 bridgehead atoms. The second kappa shape index (κ2) is 5.41. The average Bonchev–Trinajstić information content (AvgIpc) is 2.76. The zero-order valence-corrected chi connectivity index (χ0v) is 10.3. The van der Waals surface area contributed by atoms with Gasteiger partial charge in [-0.2, -0.15) is 0 Å². The Morgan fingerprint density at radius 2 is 2.12 bits per heavy atom. The van der Waals surface area contributed by atoms with Gasteiger partial charge in [0.1, 0.15) is 5.75 Å². The maximum absolute atomic E-state index is 11.7. The van der Waals surface area contributed by atoms with E-state index in [1.54, 1.807) is 12.1 Å². The van der Waals surface area contributed by atoms with Crippen molar-refractivity contribution >= 4 is 23.2 Å². The maximum Gasteiger partial charge on any atom is 0.224 e. The van der Waals surface area contributed by atoms with Crippen LogP contribution in [0, 0.1) is 5.92 Å². The summed E-state index contributed by atoms with van der Waals surface area (Å²) in [4.78, 5) is 11.7. The van der Waals surface area contributed by atoms with Gasteiger partial charge in [-0.05, 0) is 30.9 Å². The lowest BCUT2D eigenvalue weighted by Crippen LogP contribution is -2.14. The van der Waals surface area contributed by atoms with E-state index >= 15 is 0 Å². The molecule has 0 aromatic heterocycles. The van der Waals surface area contributed by atoms with Gasteiger partial charge in [0.2, 0.25) is 5.91 Å². The van der Waals surface area contributed by atoms with Crippen molar-refractivity contribution in [1.82, 2.24) is 0 Å². The summed E-state index contributed by atoms with van der Waals surface area (Å²) in [5.74, 6) is 0.528. The number of carbonyl (C=O) groups is 1. The molecule has 1 aliphatic rings. The third kappa shape index (κ3) is 3.37. The summed E-state index contributed by atoms with van der Waals surface area (Å²) in [6.45, 7) is 0. The number of rotatable bonds is 3. The molecule has 1 aromatic rings. The quantitative estimate of drug-likeness (QED) is 0.865. The van der Waals surface area contributed by atoms with Gasteiger partial charge in [0.05, 0.1) is 5.02 Å². The molecular weight excluding hydrogens is 238 g/mol. The molecule has 0 radical (unpaired) electrons. The summed E-state index contributed by atoms with van der Waals surface area (Å²) in [6, 6.07) is 4.73. The molecule has 3 nitrogen and oxygen atoms in total. The fourth-order valence-corrected chi connectivity index (χ4v) is 2.40. The monoisotopic (exact) mass is 253 g/mol. The van der Waals surface area contributed by atoms with E-state index in [4.69, 9.17) is 11.6 Å². The standard InChI is InChI=1S/C13H16ClNO2/c14-11-6-5-10(8-12(11)16)15-13(17)7-9-3-1-2-4-9/h5-6,8-9,16H,1-4,7H2,(H,15,17). The molecule has 1 aliphatic carbocycles. The minimum Gasteiger partial charge on any atom is -0.506 e. The van der Waals surface area contributed by atoms with Crippen molar-refractivity contribution in [3.05, 3.63) is 23.2 Å². The predicted octanol–water partition coefficient (Wildman–Crippen LogP) is 3.56. The van der Waals surface area contributed by atoms with E-state index in [9.17, 15) is 9.90 Å². The van der Waals surface area contributed by atoms with Crippen molar-refractivity contribution in [1.29, 1.82) is 0 Å². The second-order valence-electron chi connectivity index (χ2n) is 4.57. The number of carbonyl (C=O) groups excluding carboxylic acids is 1. The molecule has 1 fully saturated rings. The Balaban J connectivity index is 1.90. The maximum atomic E-state index is 11.7. The van der Waals surface area contributed by atoms with Crippen molar-refractivity contribution in [3.63, 3.8) is 0 Å². The number of amides is 1. The Kier molecular flexibility index (Phi) is 3.89. The van der Waals surface area contributed by atoms with Crippen LogP contribution in [0.3, 0.4) is 0 Å². The van der Waals surface area contributed by atoms with E-state index in [-0.39, 0.29) is 11.7 Å². The summed E-state index contributed by atoms with van der Waals surface area (Å²) in [5, 5.41) is 12.5. The van der Waals surface area contributed by atoms with Gasteiger partial charge in [0, 0.05) is 18.2 Å². The molecule has 0 aliphatic heterocycles. The van der Waals surface area contributed by atoms with Crippen LogP contribution in [0.15, 0.2) is 18.2 Å². The highest BCUT2D eigenvalue weighted by Crippen LogP contribution is 2.29. The predicted molar refractivity (Wildman–Crippen MR) is 68.3 cm³/mol. The van der Waals surface area contributed by atoms with Crippen molar-refractivity contribution in [2.45, 2.75) is 32.1 Å². The Labute approximate surface area is 106 Å². The number of anilines is 1. The molecule has 0 heterocycles. The van der Waals surface area contributed by atoms with Gasteiger partial charge >= 0.3 is 0 Å². The van der Waals surface area contributed by atoms with Crippen LogP contribution in [0.4, 0.5) is 5.69 Å². The summed E-state index contributed by atoms with van der Waals surface area (Å²) in [7, 11) is 0. The molecular formula is C13H16ClNO2. The van der Waals surface area contributed by atoms with Gasteiger partial charge in [-0.1, -0.05) is 24.4 Å². The number of hydrogen-bond acceptors (Lipinski definition) is 2. The van der Waals surface area contributed by atoms with E-state index in [2.05, 4.69) is 5.32 Å². The molecule has 1 amide bonds.